The minimum atomic E-state index is -0.724. The summed E-state index contributed by atoms with van der Waals surface area (Å²) in [7, 11) is 0. The fraction of sp³-hybridized carbons (Fsp3) is 0.333. The van der Waals surface area contributed by atoms with E-state index in [9.17, 15) is 14.0 Å². The number of thiophene rings is 1. The number of hydrogen-bond acceptors (Lipinski definition) is 3. The summed E-state index contributed by atoms with van der Waals surface area (Å²) in [5.41, 5.74) is 1.92. The second kappa shape index (κ2) is 10.4. The van der Waals surface area contributed by atoms with E-state index in [4.69, 9.17) is 11.6 Å². The Balaban J connectivity index is 2.21. The van der Waals surface area contributed by atoms with Crippen molar-refractivity contribution in [3.63, 3.8) is 0 Å². The maximum absolute atomic E-state index is 13.2. The van der Waals surface area contributed by atoms with E-state index >= 15 is 0 Å². The van der Waals surface area contributed by atoms with Gasteiger partial charge in [0.2, 0.25) is 11.8 Å². The molecule has 0 saturated carbocycles. The molecule has 2 aromatic rings. The van der Waals surface area contributed by atoms with Gasteiger partial charge < -0.3 is 9.80 Å². The first-order chi connectivity index (χ1) is 13.3. The number of halogens is 2. The lowest BCUT2D eigenvalue weighted by atomic mass is 10.2. The number of rotatable bonds is 9. The van der Waals surface area contributed by atoms with E-state index < -0.39 is 5.38 Å². The predicted molar refractivity (Wildman–Crippen MR) is 112 cm³/mol. The lowest BCUT2D eigenvalue weighted by Crippen LogP contribution is -2.44. The number of nitrogens with zero attached hydrogens (tertiary/aromatic N) is 2. The van der Waals surface area contributed by atoms with Gasteiger partial charge in [-0.25, -0.2) is 4.39 Å². The van der Waals surface area contributed by atoms with Crippen molar-refractivity contribution in [1.29, 1.82) is 0 Å². The second-order valence-electron chi connectivity index (χ2n) is 6.53. The molecule has 0 bridgehead atoms. The van der Waals surface area contributed by atoms with Gasteiger partial charge in [-0.2, -0.15) is 0 Å². The molecule has 0 spiro atoms. The van der Waals surface area contributed by atoms with E-state index in [1.807, 2.05) is 18.4 Å². The third-order valence-electron chi connectivity index (χ3n) is 4.27. The molecule has 0 fully saturated rings. The molecule has 7 heteroatoms. The zero-order valence-corrected chi connectivity index (χ0v) is 17.6. The maximum Gasteiger partial charge on any atom is 0.242 e. The Morgan fingerprint density at radius 3 is 2.43 bits per heavy atom. The normalized spacial score (nSPS) is 11.7. The molecule has 1 aromatic carbocycles. The quantitative estimate of drug-likeness (QED) is 0.445. The number of carbonyl (C=O) groups excluding carboxylic acids is 2. The van der Waals surface area contributed by atoms with Crippen molar-refractivity contribution in [1.82, 2.24) is 9.80 Å². The standard InChI is InChI=1S/C21H24ClFN2O2S/c1-4-10-24(21(27)16(3)22)14-20(26)25(13-19-15(2)9-11-28-19)12-17-5-7-18(23)8-6-17/h4-9,11,16H,1,10,12-14H2,2-3H3. The first-order valence-corrected chi connectivity index (χ1v) is 10.2. The zero-order valence-electron chi connectivity index (χ0n) is 16.0. The summed E-state index contributed by atoms with van der Waals surface area (Å²) in [6.45, 7) is 8.12. The minimum Gasteiger partial charge on any atom is -0.332 e. The van der Waals surface area contributed by atoms with Gasteiger partial charge in [-0.1, -0.05) is 18.2 Å². The van der Waals surface area contributed by atoms with Gasteiger partial charge in [0.1, 0.15) is 17.7 Å². The van der Waals surface area contributed by atoms with Crippen molar-refractivity contribution < 1.29 is 14.0 Å². The molecule has 28 heavy (non-hydrogen) atoms. The molecule has 1 atom stereocenters. The highest BCUT2D eigenvalue weighted by Gasteiger charge is 2.24. The van der Waals surface area contributed by atoms with E-state index in [2.05, 4.69) is 6.58 Å². The summed E-state index contributed by atoms with van der Waals surface area (Å²) in [6.07, 6.45) is 1.57. The van der Waals surface area contributed by atoms with Crippen molar-refractivity contribution in [2.24, 2.45) is 0 Å². The summed E-state index contributed by atoms with van der Waals surface area (Å²) < 4.78 is 13.2. The second-order valence-corrected chi connectivity index (χ2v) is 8.18. The number of amides is 2. The lowest BCUT2D eigenvalue weighted by molar-refractivity contribution is -0.140. The van der Waals surface area contributed by atoms with Crippen molar-refractivity contribution in [3.8, 4) is 0 Å². The Bertz CT molecular complexity index is 820. The molecule has 0 N–H and O–H groups in total. The van der Waals surface area contributed by atoms with Crippen LogP contribution in [0.1, 0.15) is 22.9 Å². The van der Waals surface area contributed by atoms with Gasteiger partial charge in [-0.15, -0.1) is 29.5 Å². The minimum absolute atomic E-state index is 0.0898. The zero-order chi connectivity index (χ0) is 20.7. The molecular formula is C21H24ClFN2O2S. The molecule has 2 rings (SSSR count). The molecule has 150 valence electrons. The van der Waals surface area contributed by atoms with E-state index in [1.54, 1.807) is 41.4 Å². The third-order valence-corrected chi connectivity index (χ3v) is 5.46. The van der Waals surface area contributed by atoms with Crippen LogP contribution in [0.25, 0.3) is 0 Å². The van der Waals surface area contributed by atoms with Crippen LogP contribution in [0.3, 0.4) is 0 Å². The highest BCUT2D eigenvalue weighted by molar-refractivity contribution is 7.10. The lowest BCUT2D eigenvalue weighted by Gasteiger charge is -2.28. The van der Waals surface area contributed by atoms with Crippen LogP contribution in [0, 0.1) is 12.7 Å². The van der Waals surface area contributed by atoms with Crippen LogP contribution < -0.4 is 0 Å². The fourth-order valence-electron chi connectivity index (χ4n) is 2.69. The number of aryl methyl sites for hydroxylation is 1. The third kappa shape index (κ3) is 6.17. The largest absolute Gasteiger partial charge is 0.332 e. The highest BCUT2D eigenvalue weighted by Crippen LogP contribution is 2.20. The van der Waals surface area contributed by atoms with Gasteiger partial charge >= 0.3 is 0 Å². The van der Waals surface area contributed by atoms with Crippen molar-refractivity contribution in [2.75, 3.05) is 13.1 Å². The molecule has 2 amide bonds. The average molecular weight is 423 g/mol. The number of alkyl halides is 1. The topological polar surface area (TPSA) is 40.6 Å². The first-order valence-electron chi connectivity index (χ1n) is 8.90. The smallest absolute Gasteiger partial charge is 0.242 e. The molecule has 0 saturated heterocycles. The highest BCUT2D eigenvalue weighted by atomic mass is 35.5. The van der Waals surface area contributed by atoms with Crippen molar-refractivity contribution >= 4 is 34.8 Å². The van der Waals surface area contributed by atoms with Gasteiger partial charge in [0.05, 0.1) is 6.54 Å². The molecule has 0 aliphatic rings. The molecular weight excluding hydrogens is 399 g/mol. The summed E-state index contributed by atoms with van der Waals surface area (Å²) in [5.74, 6) is -0.844. The molecule has 4 nitrogen and oxygen atoms in total. The van der Waals surface area contributed by atoms with Crippen LogP contribution in [0.2, 0.25) is 0 Å². The van der Waals surface area contributed by atoms with E-state index in [-0.39, 0.29) is 30.7 Å². The Kier molecular flexibility index (Phi) is 8.20. The molecule has 0 aliphatic carbocycles. The Labute approximate surface area is 174 Å². The Morgan fingerprint density at radius 2 is 1.89 bits per heavy atom. The van der Waals surface area contributed by atoms with Gasteiger partial charge in [-0.3, -0.25) is 9.59 Å². The first kappa shape index (κ1) is 22.1. The molecule has 1 heterocycles. The van der Waals surface area contributed by atoms with Crippen LogP contribution >= 0.6 is 22.9 Å². The van der Waals surface area contributed by atoms with Gasteiger partial charge in [0, 0.05) is 18.0 Å². The van der Waals surface area contributed by atoms with Gasteiger partial charge in [-0.05, 0) is 48.6 Å². The fourth-order valence-corrected chi connectivity index (χ4v) is 3.74. The van der Waals surface area contributed by atoms with E-state index in [1.165, 1.54) is 17.0 Å². The van der Waals surface area contributed by atoms with Crippen LogP contribution in [0.4, 0.5) is 4.39 Å². The average Bonchev–Trinajstić information content (AvgIpc) is 3.06. The van der Waals surface area contributed by atoms with Crippen LogP contribution in [-0.2, 0) is 22.7 Å². The van der Waals surface area contributed by atoms with Crippen LogP contribution in [-0.4, -0.2) is 40.1 Å². The van der Waals surface area contributed by atoms with Crippen LogP contribution in [0.15, 0.2) is 48.4 Å². The van der Waals surface area contributed by atoms with Crippen LogP contribution in [0.5, 0.6) is 0 Å². The SMILES string of the molecule is C=CCN(CC(=O)N(Cc1ccc(F)cc1)Cc1sccc1C)C(=O)C(C)Cl. The maximum atomic E-state index is 13.2. The Hall–Kier alpha value is -2.18. The molecule has 1 unspecified atom stereocenters. The molecule has 1 aromatic heterocycles. The van der Waals surface area contributed by atoms with E-state index in [0.717, 1.165) is 16.0 Å². The Morgan fingerprint density at radius 1 is 1.21 bits per heavy atom. The number of benzene rings is 1. The summed E-state index contributed by atoms with van der Waals surface area (Å²) in [5, 5.41) is 1.26. The summed E-state index contributed by atoms with van der Waals surface area (Å²) >= 11 is 7.49. The molecule has 0 aliphatic heterocycles. The molecule has 0 radical (unpaired) electrons. The number of carbonyl (C=O) groups is 2. The number of hydrogen-bond donors (Lipinski definition) is 0. The summed E-state index contributed by atoms with van der Waals surface area (Å²) in [6, 6.07) is 8.06. The van der Waals surface area contributed by atoms with Gasteiger partial charge in [0.25, 0.3) is 0 Å². The van der Waals surface area contributed by atoms with Crippen molar-refractivity contribution in [2.45, 2.75) is 32.3 Å². The van der Waals surface area contributed by atoms with Gasteiger partial charge in [0.15, 0.2) is 0 Å². The van der Waals surface area contributed by atoms with Crippen molar-refractivity contribution in [3.05, 3.63) is 70.2 Å². The predicted octanol–water partition coefficient (Wildman–Crippen LogP) is 4.37. The van der Waals surface area contributed by atoms with E-state index in [0.29, 0.717) is 13.1 Å². The monoisotopic (exact) mass is 422 g/mol. The summed E-state index contributed by atoms with van der Waals surface area (Å²) in [4.78, 5) is 29.5.